The summed E-state index contributed by atoms with van der Waals surface area (Å²) in [5, 5.41) is 16.1. The zero-order valence-corrected chi connectivity index (χ0v) is 11.7. The molecule has 0 bridgehead atoms. The molecule has 0 saturated carbocycles. The number of amides is 2. The number of nitrogens with zero attached hydrogens (tertiary/aromatic N) is 3. The molecule has 2 atom stereocenters. The van der Waals surface area contributed by atoms with Crippen LogP contribution in [0.2, 0.25) is 0 Å². The van der Waals surface area contributed by atoms with Gasteiger partial charge < -0.3 is 15.3 Å². The smallest absolute Gasteiger partial charge is 0.317 e. The number of nitrogens with one attached hydrogen (secondary N) is 1. The number of rotatable bonds is 4. The molecule has 2 amide bonds. The van der Waals surface area contributed by atoms with Crippen molar-refractivity contribution in [3.05, 3.63) is 18.0 Å². The lowest BCUT2D eigenvalue weighted by molar-refractivity contribution is -0.142. The topological polar surface area (TPSA) is 87.5 Å². The molecule has 20 heavy (non-hydrogen) atoms. The Morgan fingerprint density at radius 3 is 2.85 bits per heavy atom. The van der Waals surface area contributed by atoms with Gasteiger partial charge in [-0.3, -0.25) is 9.48 Å². The number of carboxylic acids is 1. The third kappa shape index (κ3) is 3.09. The molecule has 7 heteroatoms. The number of carboxylic acid groups (broad SMARTS) is 1. The van der Waals surface area contributed by atoms with Crippen LogP contribution in [0.15, 0.2) is 12.3 Å². The molecule has 1 aliphatic heterocycles. The van der Waals surface area contributed by atoms with Crippen LogP contribution in [0.25, 0.3) is 0 Å². The maximum atomic E-state index is 12.0. The Kier molecular flexibility index (Phi) is 4.26. The predicted octanol–water partition coefficient (Wildman–Crippen LogP) is 0.467. The van der Waals surface area contributed by atoms with Crippen LogP contribution >= 0.6 is 0 Å². The van der Waals surface area contributed by atoms with Gasteiger partial charge in [0.15, 0.2) is 0 Å². The first-order chi connectivity index (χ1) is 9.49. The quantitative estimate of drug-likeness (QED) is 0.839. The second-order valence-electron chi connectivity index (χ2n) is 5.13. The second kappa shape index (κ2) is 5.94. The highest BCUT2D eigenvalue weighted by Crippen LogP contribution is 2.24. The van der Waals surface area contributed by atoms with E-state index in [4.69, 9.17) is 5.11 Å². The minimum Gasteiger partial charge on any atom is -0.481 e. The molecular weight excluding hydrogens is 260 g/mol. The summed E-state index contributed by atoms with van der Waals surface area (Å²) in [5.41, 5.74) is 0.922. The van der Waals surface area contributed by atoms with E-state index in [1.165, 1.54) is 0 Å². The Balaban J connectivity index is 1.79. The van der Waals surface area contributed by atoms with E-state index in [2.05, 4.69) is 10.4 Å². The third-order valence-corrected chi connectivity index (χ3v) is 3.76. The summed E-state index contributed by atoms with van der Waals surface area (Å²) < 4.78 is 1.72. The number of urea groups is 1. The number of aryl methyl sites for hydroxylation is 1. The van der Waals surface area contributed by atoms with Crippen molar-refractivity contribution in [1.82, 2.24) is 20.0 Å². The molecule has 0 aliphatic carbocycles. The lowest BCUT2D eigenvalue weighted by atomic mass is 10.0. The van der Waals surface area contributed by atoms with Gasteiger partial charge in [-0.15, -0.1) is 0 Å². The number of hydrogen-bond donors (Lipinski definition) is 2. The minimum absolute atomic E-state index is 0.197. The summed E-state index contributed by atoms with van der Waals surface area (Å²) in [5.74, 6) is -1.29. The maximum Gasteiger partial charge on any atom is 0.317 e. The SMILES string of the molecule is CC1C(C(=O)O)CCN1C(=O)NCCc1ccn(C)n1. The van der Waals surface area contributed by atoms with Crippen LogP contribution < -0.4 is 5.32 Å². The van der Waals surface area contributed by atoms with Crippen molar-refractivity contribution in [2.45, 2.75) is 25.8 Å². The Morgan fingerprint density at radius 1 is 1.55 bits per heavy atom. The molecule has 1 saturated heterocycles. The average molecular weight is 280 g/mol. The van der Waals surface area contributed by atoms with Crippen LogP contribution in [0.3, 0.4) is 0 Å². The number of aliphatic carboxylic acids is 1. The molecule has 0 aromatic carbocycles. The normalized spacial score (nSPS) is 22.0. The van der Waals surface area contributed by atoms with Crippen molar-refractivity contribution in [1.29, 1.82) is 0 Å². The third-order valence-electron chi connectivity index (χ3n) is 3.76. The van der Waals surface area contributed by atoms with Crippen molar-refractivity contribution in [2.75, 3.05) is 13.1 Å². The summed E-state index contributed by atoms with van der Waals surface area (Å²) in [6, 6.07) is 1.45. The van der Waals surface area contributed by atoms with Gasteiger partial charge in [0.05, 0.1) is 11.6 Å². The summed E-state index contributed by atoms with van der Waals surface area (Å²) in [6.45, 7) is 2.77. The molecule has 2 unspecified atom stereocenters. The van der Waals surface area contributed by atoms with Gasteiger partial charge in [0, 0.05) is 38.8 Å². The van der Waals surface area contributed by atoms with Gasteiger partial charge in [0.2, 0.25) is 0 Å². The Hall–Kier alpha value is -2.05. The molecule has 0 spiro atoms. The highest BCUT2D eigenvalue weighted by atomic mass is 16.4. The van der Waals surface area contributed by atoms with Gasteiger partial charge in [-0.25, -0.2) is 4.79 Å². The molecule has 2 rings (SSSR count). The van der Waals surface area contributed by atoms with Crippen LogP contribution in [0.5, 0.6) is 0 Å². The van der Waals surface area contributed by atoms with Gasteiger partial charge in [-0.2, -0.15) is 5.10 Å². The van der Waals surface area contributed by atoms with E-state index in [1.807, 2.05) is 19.3 Å². The van der Waals surface area contributed by atoms with E-state index in [0.29, 0.717) is 25.9 Å². The Morgan fingerprint density at radius 2 is 2.30 bits per heavy atom. The van der Waals surface area contributed by atoms with Gasteiger partial charge >= 0.3 is 12.0 Å². The monoisotopic (exact) mass is 280 g/mol. The predicted molar refractivity (Wildman–Crippen MR) is 72.2 cm³/mol. The number of carbonyl (C=O) groups excluding carboxylic acids is 1. The fourth-order valence-corrected chi connectivity index (χ4v) is 2.55. The van der Waals surface area contributed by atoms with Crippen LogP contribution in [0, 0.1) is 5.92 Å². The summed E-state index contributed by atoms with van der Waals surface area (Å²) in [7, 11) is 1.85. The largest absolute Gasteiger partial charge is 0.481 e. The van der Waals surface area contributed by atoms with E-state index in [9.17, 15) is 9.59 Å². The lowest BCUT2D eigenvalue weighted by Crippen LogP contribution is -2.44. The molecule has 1 aromatic rings. The van der Waals surface area contributed by atoms with Crippen LogP contribution in [-0.2, 0) is 18.3 Å². The fourth-order valence-electron chi connectivity index (χ4n) is 2.55. The van der Waals surface area contributed by atoms with Crippen molar-refractivity contribution in [2.24, 2.45) is 13.0 Å². The first-order valence-electron chi connectivity index (χ1n) is 6.75. The van der Waals surface area contributed by atoms with Gasteiger partial charge in [0.25, 0.3) is 0 Å². The summed E-state index contributed by atoms with van der Waals surface area (Å²) in [6.07, 6.45) is 3.04. The number of carbonyl (C=O) groups is 2. The van der Waals surface area contributed by atoms with E-state index in [1.54, 1.807) is 16.5 Å². The standard InChI is InChI=1S/C13H20N4O3/c1-9-11(12(18)19)5-8-17(9)13(20)14-6-3-10-4-7-16(2)15-10/h4,7,9,11H,3,5-6,8H2,1-2H3,(H,14,20)(H,18,19). The first-order valence-corrected chi connectivity index (χ1v) is 6.75. The molecule has 1 fully saturated rings. The first kappa shape index (κ1) is 14.4. The highest BCUT2D eigenvalue weighted by molar-refractivity contribution is 5.78. The zero-order valence-electron chi connectivity index (χ0n) is 11.7. The Bertz CT molecular complexity index is 500. The van der Waals surface area contributed by atoms with Gasteiger partial charge in [-0.1, -0.05) is 0 Å². The molecule has 7 nitrogen and oxygen atoms in total. The molecule has 2 N–H and O–H groups in total. The molecule has 1 aromatic heterocycles. The summed E-state index contributed by atoms with van der Waals surface area (Å²) in [4.78, 5) is 24.6. The number of aromatic nitrogens is 2. The second-order valence-corrected chi connectivity index (χ2v) is 5.13. The molecule has 2 heterocycles. The Labute approximate surface area is 117 Å². The van der Waals surface area contributed by atoms with Crippen LogP contribution in [0.1, 0.15) is 19.0 Å². The van der Waals surface area contributed by atoms with Crippen LogP contribution in [-0.4, -0.2) is 50.9 Å². The van der Waals surface area contributed by atoms with E-state index in [-0.39, 0.29) is 12.1 Å². The van der Waals surface area contributed by atoms with Crippen molar-refractivity contribution < 1.29 is 14.7 Å². The van der Waals surface area contributed by atoms with Crippen molar-refractivity contribution in [3.8, 4) is 0 Å². The average Bonchev–Trinajstić information content (AvgIpc) is 2.95. The van der Waals surface area contributed by atoms with Crippen LogP contribution in [0.4, 0.5) is 4.79 Å². The number of hydrogen-bond acceptors (Lipinski definition) is 3. The van der Waals surface area contributed by atoms with Crippen molar-refractivity contribution >= 4 is 12.0 Å². The molecule has 110 valence electrons. The maximum absolute atomic E-state index is 12.0. The fraction of sp³-hybridized carbons (Fsp3) is 0.615. The number of likely N-dealkylation sites (tertiary alicyclic amines) is 1. The molecule has 1 aliphatic rings. The van der Waals surface area contributed by atoms with E-state index in [0.717, 1.165) is 5.69 Å². The van der Waals surface area contributed by atoms with Gasteiger partial charge in [-0.05, 0) is 19.4 Å². The lowest BCUT2D eigenvalue weighted by Gasteiger charge is -2.23. The molecule has 0 radical (unpaired) electrons. The van der Waals surface area contributed by atoms with Gasteiger partial charge in [0.1, 0.15) is 0 Å². The van der Waals surface area contributed by atoms with E-state index >= 15 is 0 Å². The molecular formula is C13H20N4O3. The zero-order chi connectivity index (χ0) is 14.7. The van der Waals surface area contributed by atoms with E-state index < -0.39 is 11.9 Å². The minimum atomic E-state index is -0.832. The highest BCUT2D eigenvalue weighted by Gasteiger charge is 2.37. The summed E-state index contributed by atoms with van der Waals surface area (Å²) >= 11 is 0. The van der Waals surface area contributed by atoms with Crippen molar-refractivity contribution in [3.63, 3.8) is 0 Å².